The fourth-order valence-electron chi connectivity index (χ4n) is 6.58. The van der Waals surface area contributed by atoms with Crippen LogP contribution in [0.5, 0.6) is 23.0 Å². The molecule has 0 aliphatic carbocycles. The molecule has 0 spiro atoms. The van der Waals surface area contributed by atoms with Crippen LogP contribution in [-0.2, 0) is 26.1 Å². The van der Waals surface area contributed by atoms with E-state index in [1.165, 1.54) is 17.7 Å². The number of nitrogens with zero attached hydrogens (tertiary/aromatic N) is 4. The first-order chi connectivity index (χ1) is 23.0. The van der Waals surface area contributed by atoms with E-state index in [9.17, 15) is 8.78 Å². The molecule has 0 saturated heterocycles. The Balaban J connectivity index is 1.06. The monoisotopic (exact) mass is 635 g/mol. The van der Waals surface area contributed by atoms with E-state index in [1.54, 1.807) is 7.11 Å². The van der Waals surface area contributed by atoms with Crippen LogP contribution in [0.1, 0.15) is 11.1 Å². The summed E-state index contributed by atoms with van der Waals surface area (Å²) in [5.41, 5.74) is 5.86. The van der Waals surface area contributed by atoms with E-state index < -0.39 is 11.6 Å². The summed E-state index contributed by atoms with van der Waals surface area (Å²) in [6, 6.07) is 22.0. The molecule has 0 radical (unpaired) electrons. The highest BCUT2D eigenvalue weighted by molar-refractivity contribution is 5.91. The minimum atomic E-state index is -0.594. The number of ether oxygens (including phenoxy) is 4. The molecule has 4 aromatic carbocycles. The zero-order valence-electron chi connectivity index (χ0n) is 25.9. The molecular weight excluding hydrogens is 602 g/mol. The lowest BCUT2D eigenvalue weighted by atomic mass is 9.95. The molecule has 0 fully saturated rings. The second-order valence-electron chi connectivity index (χ2n) is 11.9. The van der Waals surface area contributed by atoms with Crippen molar-refractivity contribution >= 4 is 21.8 Å². The Morgan fingerprint density at radius 1 is 0.979 bits per heavy atom. The summed E-state index contributed by atoms with van der Waals surface area (Å²) >= 11 is 0. The molecule has 0 saturated carbocycles. The van der Waals surface area contributed by atoms with Gasteiger partial charge in [0.05, 0.1) is 35.4 Å². The van der Waals surface area contributed by atoms with Crippen LogP contribution in [0, 0.1) is 11.6 Å². The number of benzene rings is 4. The average Bonchev–Trinajstić information content (AvgIpc) is 3.73. The second kappa shape index (κ2) is 12.2. The van der Waals surface area contributed by atoms with Crippen LogP contribution in [0.3, 0.4) is 0 Å². The molecule has 47 heavy (non-hydrogen) atoms. The van der Waals surface area contributed by atoms with Gasteiger partial charge in [-0.05, 0) is 53.4 Å². The molecule has 10 heteroatoms. The summed E-state index contributed by atoms with van der Waals surface area (Å²) in [5.74, 6) is 1.70. The van der Waals surface area contributed by atoms with Gasteiger partial charge in [0.2, 0.25) is 12.5 Å². The van der Waals surface area contributed by atoms with Gasteiger partial charge in [0, 0.05) is 50.3 Å². The third-order valence-corrected chi connectivity index (χ3v) is 9.04. The van der Waals surface area contributed by atoms with E-state index in [-0.39, 0.29) is 6.79 Å². The van der Waals surface area contributed by atoms with Gasteiger partial charge in [0.25, 0.3) is 0 Å². The first kappa shape index (κ1) is 29.2. The Labute approximate surface area is 270 Å². The molecular formula is C37H33F2N4O4+. The summed E-state index contributed by atoms with van der Waals surface area (Å²) in [4.78, 5) is 6.61. The van der Waals surface area contributed by atoms with Crippen LogP contribution in [0.15, 0.2) is 85.3 Å². The number of aromatic nitrogens is 3. The number of aryl methyl sites for hydroxylation is 2. The molecule has 2 aliphatic heterocycles. The van der Waals surface area contributed by atoms with Crippen molar-refractivity contribution in [3.8, 4) is 34.3 Å². The maximum atomic E-state index is 14.7. The van der Waals surface area contributed by atoms with Crippen LogP contribution in [0.2, 0.25) is 0 Å². The van der Waals surface area contributed by atoms with Gasteiger partial charge < -0.3 is 23.5 Å². The van der Waals surface area contributed by atoms with E-state index >= 15 is 0 Å². The first-order valence-electron chi connectivity index (χ1n) is 15.7. The number of rotatable bonds is 10. The molecule has 0 atom stereocenters. The van der Waals surface area contributed by atoms with Crippen molar-refractivity contribution in [3.05, 3.63) is 108 Å². The standard InChI is InChI=1S/C37H33F2N4O4/c1-44-34-9-7-24-16-33-28-19-36-35(46-23-47-36)17-25(28)10-11-42(33)21-29(24)37(34)45-15-14-41(20-26-6-8-27(38)18-30(26)39)12-13-43-22-40-31-4-2-3-5-32(31)43/h2-9,16-19,21-22H,10-15,20,23H2,1H3/q+1. The topological polar surface area (TPSA) is 61.9 Å². The lowest BCUT2D eigenvalue weighted by Gasteiger charge is -2.24. The molecule has 8 nitrogen and oxygen atoms in total. The molecule has 2 aliphatic rings. The van der Waals surface area contributed by atoms with Gasteiger partial charge in [-0.2, -0.15) is 4.57 Å². The van der Waals surface area contributed by atoms with Gasteiger partial charge in [0.1, 0.15) is 18.2 Å². The lowest BCUT2D eigenvalue weighted by Crippen LogP contribution is -2.40. The zero-order chi connectivity index (χ0) is 31.9. The van der Waals surface area contributed by atoms with Gasteiger partial charge in [-0.15, -0.1) is 0 Å². The normalized spacial score (nSPS) is 13.3. The Hall–Kier alpha value is -5.22. The van der Waals surface area contributed by atoms with Gasteiger partial charge in [0.15, 0.2) is 35.7 Å². The van der Waals surface area contributed by atoms with E-state index in [4.69, 9.17) is 18.9 Å². The number of hydrogen-bond acceptors (Lipinski definition) is 6. The Bertz CT molecular complexity index is 2130. The molecule has 0 N–H and O–H groups in total. The van der Waals surface area contributed by atoms with E-state index in [0.717, 1.165) is 63.6 Å². The lowest BCUT2D eigenvalue weighted by molar-refractivity contribution is -0.686. The van der Waals surface area contributed by atoms with E-state index in [2.05, 4.69) is 43.4 Å². The second-order valence-corrected chi connectivity index (χ2v) is 11.9. The molecule has 0 amide bonds. The van der Waals surface area contributed by atoms with Gasteiger partial charge >= 0.3 is 0 Å². The number of hydrogen-bond donors (Lipinski definition) is 0. The predicted molar refractivity (Wildman–Crippen MR) is 173 cm³/mol. The van der Waals surface area contributed by atoms with Crippen molar-refractivity contribution in [3.63, 3.8) is 0 Å². The number of fused-ring (bicyclic) bond motifs is 6. The summed E-state index contributed by atoms with van der Waals surface area (Å²) in [5, 5.41) is 1.97. The molecule has 0 unspecified atom stereocenters. The highest BCUT2D eigenvalue weighted by Gasteiger charge is 2.29. The van der Waals surface area contributed by atoms with Crippen molar-refractivity contribution in [2.24, 2.45) is 0 Å². The summed E-state index contributed by atoms with van der Waals surface area (Å²) in [6.45, 7) is 3.44. The molecule has 238 valence electrons. The maximum absolute atomic E-state index is 14.7. The minimum Gasteiger partial charge on any atom is -0.493 e. The smallest absolute Gasteiger partial charge is 0.231 e. The highest BCUT2D eigenvalue weighted by atomic mass is 19.1. The first-order valence-corrected chi connectivity index (χ1v) is 15.7. The van der Waals surface area contributed by atoms with Crippen LogP contribution in [0.4, 0.5) is 8.78 Å². The predicted octanol–water partition coefficient (Wildman–Crippen LogP) is 6.30. The van der Waals surface area contributed by atoms with E-state index in [1.807, 2.05) is 42.7 Å². The van der Waals surface area contributed by atoms with Gasteiger partial charge in [-0.1, -0.05) is 18.2 Å². The minimum absolute atomic E-state index is 0.243. The van der Waals surface area contributed by atoms with Crippen LogP contribution >= 0.6 is 0 Å². The van der Waals surface area contributed by atoms with Crippen LogP contribution in [0.25, 0.3) is 33.1 Å². The van der Waals surface area contributed by atoms with Crippen molar-refractivity contribution in [1.29, 1.82) is 0 Å². The van der Waals surface area contributed by atoms with Crippen molar-refractivity contribution in [2.45, 2.75) is 26.1 Å². The Kier molecular flexibility index (Phi) is 7.57. The number of imidazole rings is 1. The van der Waals surface area contributed by atoms with Crippen LogP contribution in [-0.4, -0.2) is 48.1 Å². The summed E-state index contributed by atoms with van der Waals surface area (Å²) < 4.78 is 56.3. The molecule has 0 bridgehead atoms. The van der Waals surface area contributed by atoms with Gasteiger partial charge in [-0.3, -0.25) is 4.90 Å². The largest absolute Gasteiger partial charge is 0.493 e. The SMILES string of the molecule is COc1ccc2cc3[n+](cc2c1OCCN(CCn1cnc2ccccc21)Cc1ccc(F)cc1F)CCc1cc2c(cc1-3)OCO2. The van der Waals surface area contributed by atoms with E-state index in [0.29, 0.717) is 49.8 Å². The fraction of sp³-hybridized carbons (Fsp3) is 0.243. The number of methoxy groups -OCH3 is 1. The number of pyridine rings is 1. The Morgan fingerprint density at radius 2 is 1.85 bits per heavy atom. The quantitative estimate of drug-likeness (QED) is 0.165. The zero-order valence-corrected chi connectivity index (χ0v) is 25.9. The van der Waals surface area contributed by atoms with Crippen molar-refractivity contribution in [1.82, 2.24) is 14.5 Å². The van der Waals surface area contributed by atoms with Gasteiger partial charge in [-0.25, -0.2) is 13.8 Å². The fourth-order valence-corrected chi connectivity index (χ4v) is 6.58. The third-order valence-electron chi connectivity index (χ3n) is 9.04. The average molecular weight is 636 g/mol. The maximum Gasteiger partial charge on any atom is 0.231 e. The summed E-state index contributed by atoms with van der Waals surface area (Å²) in [6.07, 6.45) is 4.83. The summed E-state index contributed by atoms with van der Waals surface area (Å²) in [7, 11) is 1.64. The highest BCUT2D eigenvalue weighted by Crippen LogP contribution is 2.41. The van der Waals surface area contributed by atoms with Crippen LogP contribution < -0.4 is 23.5 Å². The molecule has 8 rings (SSSR count). The number of para-hydroxylation sites is 2. The van der Waals surface area contributed by atoms with Crippen molar-refractivity contribution in [2.75, 3.05) is 33.6 Å². The molecule has 4 heterocycles. The third kappa shape index (κ3) is 5.59. The molecule has 6 aromatic rings. The number of halogens is 2. The Morgan fingerprint density at radius 3 is 2.72 bits per heavy atom. The molecule has 2 aromatic heterocycles. The van der Waals surface area contributed by atoms with Crippen molar-refractivity contribution < 1.29 is 32.3 Å².